The molecule has 1 aliphatic heterocycles. The summed E-state index contributed by atoms with van der Waals surface area (Å²) in [5.41, 5.74) is 1.75. The van der Waals surface area contributed by atoms with E-state index in [1.807, 2.05) is 53.9 Å². The molecule has 144 valence electrons. The lowest BCUT2D eigenvalue weighted by Crippen LogP contribution is -2.41. The van der Waals surface area contributed by atoms with Crippen LogP contribution in [-0.4, -0.2) is 37.3 Å². The lowest BCUT2D eigenvalue weighted by Gasteiger charge is -2.26. The summed E-state index contributed by atoms with van der Waals surface area (Å²) in [6.45, 7) is 0.804. The van der Waals surface area contributed by atoms with Gasteiger partial charge in [0.25, 0.3) is 0 Å². The first-order valence-electron chi connectivity index (χ1n) is 8.95. The van der Waals surface area contributed by atoms with Gasteiger partial charge in [-0.1, -0.05) is 12.1 Å². The van der Waals surface area contributed by atoms with Crippen molar-refractivity contribution in [3.8, 4) is 27.8 Å². The maximum Gasteiger partial charge on any atom is 0.226 e. The van der Waals surface area contributed by atoms with Crippen molar-refractivity contribution in [1.29, 1.82) is 0 Å². The van der Waals surface area contributed by atoms with Crippen LogP contribution in [0.4, 0.5) is 0 Å². The summed E-state index contributed by atoms with van der Waals surface area (Å²) in [5, 5.41) is 5.69. The molecule has 0 spiro atoms. The molecule has 3 aromatic rings. The van der Waals surface area contributed by atoms with E-state index in [0.29, 0.717) is 18.9 Å². The first kappa shape index (κ1) is 18.3. The normalized spacial score (nSPS) is 15.1. The Morgan fingerprint density at radius 2 is 2.00 bits per heavy atom. The molecule has 1 aliphatic rings. The lowest BCUT2D eigenvalue weighted by atomic mass is 10.2. The van der Waals surface area contributed by atoms with Crippen molar-refractivity contribution in [2.45, 2.75) is 12.5 Å². The minimum Gasteiger partial charge on any atom is -0.497 e. The molecule has 0 bridgehead atoms. The zero-order valence-corrected chi connectivity index (χ0v) is 16.2. The fourth-order valence-corrected chi connectivity index (χ4v) is 3.70. The Morgan fingerprint density at radius 1 is 1.21 bits per heavy atom. The second-order valence-electron chi connectivity index (χ2n) is 6.35. The molecular weight excluding hydrogens is 376 g/mol. The molecule has 28 heavy (non-hydrogen) atoms. The molecule has 0 fully saturated rings. The minimum absolute atomic E-state index is 0.0889. The Bertz CT molecular complexity index is 955. The molecule has 0 unspecified atom stereocenters. The van der Waals surface area contributed by atoms with E-state index in [-0.39, 0.29) is 18.4 Å². The van der Waals surface area contributed by atoms with Crippen LogP contribution >= 0.6 is 11.3 Å². The Balaban J connectivity index is 1.29. The smallest absolute Gasteiger partial charge is 0.226 e. The maximum absolute atomic E-state index is 12.3. The number of benzene rings is 2. The number of amides is 1. The Hall–Kier alpha value is -3.06. The molecule has 2 aromatic carbocycles. The van der Waals surface area contributed by atoms with Gasteiger partial charge < -0.3 is 19.5 Å². The molecule has 0 saturated carbocycles. The van der Waals surface area contributed by atoms with Crippen LogP contribution in [0.1, 0.15) is 5.69 Å². The van der Waals surface area contributed by atoms with Crippen molar-refractivity contribution >= 4 is 17.2 Å². The molecule has 1 atom stereocenters. The van der Waals surface area contributed by atoms with Crippen molar-refractivity contribution in [2.75, 3.05) is 20.3 Å². The Morgan fingerprint density at radius 3 is 2.79 bits per heavy atom. The highest BCUT2D eigenvalue weighted by Gasteiger charge is 2.21. The van der Waals surface area contributed by atoms with Gasteiger partial charge in [0.05, 0.1) is 25.8 Å². The second kappa shape index (κ2) is 8.31. The molecule has 0 aliphatic carbocycles. The second-order valence-corrected chi connectivity index (χ2v) is 7.21. The number of methoxy groups -OCH3 is 1. The molecule has 1 amide bonds. The Labute approximate surface area is 167 Å². The van der Waals surface area contributed by atoms with Gasteiger partial charge in [0, 0.05) is 10.9 Å². The molecule has 7 heteroatoms. The minimum atomic E-state index is -0.204. The molecule has 6 nitrogen and oxygen atoms in total. The largest absolute Gasteiger partial charge is 0.497 e. The van der Waals surface area contributed by atoms with Gasteiger partial charge in [-0.05, 0) is 36.4 Å². The molecule has 1 N–H and O–H groups in total. The van der Waals surface area contributed by atoms with E-state index in [1.165, 1.54) is 11.3 Å². The summed E-state index contributed by atoms with van der Waals surface area (Å²) in [6.07, 6.45) is 0.0285. The number of para-hydroxylation sites is 2. The molecule has 1 aromatic heterocycles. The number of carbonyl (C=O) groups excluding carboxylic acids is 1. The number of nitrogens with zero attached hydrogens (tertiary/aromatic N) is 1. The third-order valence-corrected chi connectivity index (χ3v) is 5.26. The number of hydrogen-bond donors (Lipinski definition) is 1. The van der Waals surface area contributed by atoms with E-state index in [1.54, 1.807) is 7.11 Å². The number of hydrogen-bond acceptors (Lipinski definition) is 6. The third-order valence-electron chi connectivity index (χ3n) is 4.32. The van der Waals surface area contributed by atoms with Crippen LogP contribution < -0.4 is 19.5 Å². The number of aromatic nitrogens is 1. The zero-order valence-electron chi connectivity index (χ0n) is 15.4. The van der Waals surface area contributed by atoms with Crippen LogP contribution in [0.15, 0.2) is 53.9 Å². The molecule has 0 saturated heterocycles. The van der Waals surface area contributed by atoms with E-state index in [0.717, 1.165) is 27.8 Å². The molecule has 0 radical (unpaired) electrons. The highest BCUT2D eigenvalue weighted by molar-refractivity contribution is 7.13. The highest BCUT2D eigenvalue weighted by Crippen LogP contribution is 2.30. The summed E-state index contributed by atoms with van der Waals surface area (Å²) in [4.78, 5) is 16.8. The fourth-order valence-electron chi connectivity index (χ4n) is 2.87. The maximum atomic E-state index is 12.3. The van der Waals surface area contributed by atoms with Crippen LogP contribution in [0.2, 0.25) is 0 Å². The van der Waals surface area contributed by atoms with E-state index in [4.69, 9.17) is 14.2 Å². The van der Waals surface area contributed by atoms with E-state index in [9.17, 15) is 4.79 Å². The van der Waals surface area contributed by atoms with Crippen LogP contribution in [0, 0.1) is 0 Å². The van der Waals surface area contributed by atoms with Crippen molar-refractivity contribution in [3.05, 3.63) is 59.6 Å². The van der Waals surface area contributed by atoms with Gasteiger partial charge in [-0.25, -0.2) is 4.98 Å². The summed E-state index contributed by atoms with van der Waals surface area (Å²) < 4.78 is 16.7. The number of fused-ring (bicyclic) bond motifs is 1. The van der Waals surface area contributed by atoms with E-state index >= 15 is 0 Å². The molecule has 2 heterocycles. The van der Waals surface area contributed by atoms with Crippen LogP contribution in [0.25, 0.3) is 10.6 Å². The van der Waals surface area contributed by atoms with Gasteiger partial charge in [0.2, 0.25) is 5.91 Å². The quantitative estimate of drug-likeness (QED) is 0.692. The standard InChI is InChI=1S/C21H20N2O4S/c1-25-16-8-6-14(7-9-16)21-23-15(13-28-21)10-20(24)22-11-17-12-26-18-4-2-3-5-19(18)27-17/h2-9,13,17H,10-12H2,1H3,(H,22,24)/t17-/m0/s1. The monoisotopic (exact) mass is 396 g/mol. The fraction of sp³-hybridized carbons (Fsp3) is 0.238. The SMILES string of the molecule is COc1ccc(-c2nc(CC(=O)NC[C@H]3COc4ccccc4O3)cs2)cc1. The summed E-state index contributed by atoms with van der Waals surface area (Å²) in [6, 6.07) is 15.2. The van der Waals surface area contributed by atoms with Gasteiger partial charge in [0.1, 0.15) is 23.5 Å². The van der Waals surface area contributed by atoms with Gasteiger partial charge >= 0.3 is 0 Å². The number of rotatable bonds is 6. The predicted molar refractivity (Wildman–Crippen MR) is 107 cm³/mol. The molecule has 4 rings (SSSR count). The number of nitrogens with one attached hydrogen (secondary N) is 1. The van der Waals surface area contributed by atoms with Gasteiger partial charge in [-0.15, -0.1) is 11.3 Å². The van der Waals surface area contributed by atoms with Gasteiger partial charge in [0.15, 0.2) is 11.5 Å². The average Bonchev–Trinajstić information content (AvgIpc) is 3.20. The van der Waals surface area contributed by atoms with Crippen LogP contribution in [-0.2, 0) is 11.2 Å². The van der Waals surface area contributed by atoms with Crippen molar-refractivity contribution in [2.24, 2.45) is 0 Å². The average molecular weight is 396 g/mol. The first-order chi connectivity index (χ1) is 13.7. The summed E-state index contributed by atoms with van der Waals surface area (Å²) >= 11 is 1.52. The lowest BCUT2D eigenvalue weighted by molar-refractivity contribution is -0.121. The summed E-state index contributed by atoms with van der Waals surface area (Å²) in [5.74, 6) is 2.15. The van der Waals surface area contributed by atoms with E-state index in [2.05, 4.69) is 10.3 Å². The predicted octanol–water partition coefficient (Wildman–Crippen LogP) is 3.32. The third kappa shape index (κ3) is 4.26. The number of thiazole rings is 1. The Kier molecular flexibility index (Phi) is 5.43. The van der Waals surface area contributed by atoms with Crippen molar-refractivity contribution < 1.29 is 19.0 Å². The summed E-state index contributed by atoms with van der Waals surface area (Å²) in [7, 11) is 1.64. The van der Waals surface area contributed by atoms with Crippen LogP contribution in [0.3, 0.4) is 0 Å². The first-order valence-corrected chi connectivity index (χ1v) is 9.83. The zero-order chi connectivity index (χ0) is 19.3. The van der Waals surface area contributed by atoms with Crippen LogP contribution in [0.5, 0.6) is 17.2 Å². The highest BCUT2D eigenvalue weighted by atomic mass is 32.1. The van der Waals surface area contributed by atoms with Gasteiger partial charge in [-0.2, -0.15) is 0 Å². The van der Waals surface area contributed by atoms with Crippen molar-refractivity contribution in [1.82, 2.24) is 10.3 Å². The number of carbonyl (C=O) groups is 1. The number of ether oxygens (including phenoxy) is 3. The van der Waals surface area contributed by atoms with Crippen molar-refractivity contribution in [3.63, 3.8) is 0 Å². The van der Waals surface area contributed by atoms with E-state index < -0.39 is 0 Å². The topological polar surface area (TPSA) is 69.7 Å². The molecular formula is C21H20N2O4S. The van der Waals surface area contributed by atoms with Gasteiger partial charge in [-0.3, -0.25) is 4.79 Å².